The quantitative estimate of drug-likeness (QED) is 0.795. The zero-order chi connectivity index (χ0) is 16.8. The van der Waals surface area contributed by atoms with Crippen LogP contribution in [-0.4, -0.2) is 24.4 Å². The summed E-state index contributed by atoms with van der Waals surface area (Å²) in [6.07, 6.45) is 2.50. The molecule has 3 rings (SSSR count). The van der Waals surface area contributed by atoms with Crippen molar-refractivity contribution in [3.63, 3.8) is 0 Å². The van der Waals surface area contributed by atoms with Crippen LogP contribution in [0.3, 0.4) is 0 Å². The van der Waals surface area contributed by atoms with E-state index in [1.807, 2.05) is 48.5 Å². The van der Waals surface area contributed by atoms with Crippen LogP contribution in [-0.2, 0) is 4.74 Å². The molecule has 0 spiro atoms. The van der Waals surface area contributed by atoms with E-state index in [0.717, 1.165) is 43.2 Å². The number of anilines is 1. The average Bonchev–Trinajstić information content (AvgIpc) is 3.10. The molecule has 4 nitrogen and oxygen atoms in total. The second-order valence-electron chi connectivity index (χ2n) is 5.91. The third kappa shape index (κ3) is 4.94. The van der Waals surface area contributed by atoms with Gasteiger partial charge in [0.05, 0.1) is 6.10 Å². The van der Waals surface area contributed by atoms with Crippen LogP contribution in [0.1, 0.15) is 18.4 Å². The highest BCUT2D eigenvalue weighted by atomic mass is 32.1. The number of hydrogen-bond donors (Lipinski definition) is 2. The Morgan fingerprint density at radius 3 is 2.42 bits per heavy atom. The second-order valence-corrected chi connectivity index (χ2v) is 6.32. The van der Waals surface area contributed by atoms with Gasteiger partial charge in [0, 0.05) is 18.8 Å². The van der Waals surface area contributed by atoms with Crippen molar-refractivity contribution >= 4 is 23.0 Å². The van der Waals surface area contributed by atoms with E-state index < -0.39 is 0 Å². The normalized spacial score (nSPS) is 16.6. The van der Waals surface area contributed by atoms with E-state index in [9.17, 15) is 0 Å². The zero-order valence-corrected chi connectivity index (χ0v) is 14.6. The molecule has 1 fully saturated rings. The fraction of sp³-hybridized carbons (Fsp3) is 0.316. The summed E-state index contributed by atoms with van der Waals surface area (Å²) in [5.41, 5.74) is 2.14. The molecular formula is C19H22N2O2S. The maximum atomic E-state index is 5.82. The molecule has 1 unspecified atom stereocenters. The smallest absolute Gasteiger partial charge is 0.170 e. The average molecular weight is 342 g/mol. The predicted molar refractivity (Wildman–Crippen MR) is 101 cm³/mol. The van der Waals surface area contributed by atoms with Gasteiger partial charge >= 0.3 is 0 Å². The lowest BCUT2D eigenvalue weighted by molar-refractivity contribution is 0.114. The highest BCUT2D eigenvalue weighted by Gasteiger charge is 2.15. The van der Waals surface area contributed by atoms with Crippen LogP contribution < -0.4 is 15.4 Å². The Balaban J connectivity index is 1.48. The minimum Gasteiger partial charge on any atom is -0.457 e. The molecule has 1 aliphatic rings. The first-order chi connectivity index (χ1) is 11.7. The topological polar surface area (TPSA) is 42.5 Å². The molecule has 2 aromatic rings. The highest BCUT2D eigenvalue weighted by Crippen LogP contribution is 2.23. The van der Waals surface area contributed by atoms with Gasteiger partial charge < -0.3 is 20.1 Å². The first-order valence-electron chi connectivity index (χ1n) is 8.20. The summed E-state index contributed by atoms with van der Waals surface area (Å²) in [7, 11) is 0. The van der Waals surface area contributed by atoms with Crippen LogP contribution in [0.5, 0.6) is 11.5 Å². The van der Waals surface area contributed by atoms with Gasteiger partial charge in [0.25, 0.3) is 0 Å². The van der Waals surface area contributed by atoms with Crippen molar-refractivity contribution in [3.05, 3.63) is 54.1 Å². The zero-order valence-electron chi connectivity index (χ0n) is 13.7. The monoisotopic (exact) mass is 342 g/mol. The lowest BCUT2D eigenvalue weighted by Gasteiger charge is -2.14. The van der Waals surface area contributed by atoms with E-state index in [0.29, 0.717) is 5.11 Å². The third-order valence-electron chi connectivity index (χ3n) is 3.88. The van der Waals surface area contributed by atoms with Gasteiger partial charge in [-0.3, -0.25) is 0 Å². The standard InChI is InChI=1S/C19H22N2O2S/c1-14-4-8-16(9-5-14)23-17-10-6-15(7-11-17)21-19(24)20-13-18-3-2-12-22-18/h4-11,18H,2-3,12-13H2,1H3,(H2,20,21,24). The van der Waals surface area contributed by atoms with Crippen molar-refractivity contribution in [3.8, 4) is 11.5 Å². The van der Waals surface area contributed by atoms with Crippen LogP contribution >= 0.6 is 12.2 Å². The Morgan fingerprint density at radius 2 is 1.79 bits per heavy atom. The van der Waals surface area contributed by atoms with Gasteiger partial charge in [-0.05, 0) is 68.4 Å². The molecule has 0 amide bonds. The molecule has 2 aromatic carbocycles. The highest BCUT2D eigenvalue weighted by molar-refractivity contribution is 7.80. The molecule has 2 N–H and O–H groups in total. The Hall–Kier alpha value is -2.11. The molecule has 0 aromatic heterocycles. The van der Waals surface area contributed by atoms with Crippen LogP contribution in [0.2, 0.25) is 0 Å². The molecule has 1 heterocycles. The maximum Gasteiger partial charge on any atom is 0.170 e. The summed E-state index contributed by atoms with van der Waals surface area (Å²) >= 11 is 5.31. The van der Waals surface area contributed by atoms with Gasteiger partial charge in [0.1, 0.15) is 11.5 Å². The molecule has 5 heteroatoms. The van der Waals surface area contributed by atoms with E-state index >= 15 is 0 Å². The third-order valence-corrected chi connectivity index (χ3v) is 4.13. The summed E-state index contributed by atoms with van der Waals surface area (Å²) in [6, 6.07) is 15.7. The minimum atomic E-state index is 0.273. The van der Waals surface area contributed by atoms with Gasteiger partial charge in [-0.1, -0.05) is 17.7 Å². The minimum absolute atomic E-state index is 0.273. The van der Waals surface area contributed by atoms with Crippen LogP contribution in [0.4, 0.5) is 5.69 Å². The Bertz CT molecular complexity index is 665. The SMILES string of the molecule is Cc1ccc(Oc2ccc(NC(=S)NCC3CCCO3)cc2)cc1. The van der Waals surface area contributed by atoms with Crippen LogP contribution in [0.25, 0.3) is 0 Å². The fourth-order valence-corrected chi connectivity index (χ4v) is 2.74. The number of hydrogen-bond acceptors (Lipinski definition) is 3. The van der Waals surface area contributed by atoms with Gasteiger partial charge in [-0.2, -0.15) is 0 Å². The van der Waals surface area contributed by atoms with Crippen LogP contribution in [0, 0.1) is 6.92 Å². The van der Waals surface area contributed by atoms with Crippen molar-refractivity contribution in [2.24, 2.45) is 0 Å². The van der Waals surface area contributed by atoms with Crippen molar-refractivity contribution in [1.82, 2.24) is 5.32 Å². The molecule has 1 saturated heterocycles. The molecule has 0 radical (unpaired) electrons. The Morgan fingerprint density at radius 1 is 1.12 bits per heavy atom. The van der Waals surface area contributed by atoms with Gasteiger partial charge in [0.15, 0.2) is 5.11 Å². The van der Waals surface area contributed by atoms with Crippen LogP contribution in [0.15, 0.2) is 48.5 Å². The number of thiocarbonyl (C=S) groups is 1. The lowest BCUT2D eigenvalue weighted by Crippen LogP contribution is -2.34. The number of benzene rings is 2. The van der Waals surface area contributed by atoms with Crippen molar-refractivity contribution in [2.75, 3.05) is 18.5 Å². The van der Waals surface area contributed by atoms with Crippen molar-refractivity contribution in [2.45, 2.75) is 25.9 Å². The molecule has 0 saturated carbocycles. The largest absolute Gasteiger partial charge is 0.457 e. The Labute approximate surface area is 148 Å². The number of rotatable bonds is 5. The lowest BCUT2D eigenvalue weighted by atomic mass is 10.2. The number of aryl methyl sites for hydroxylation is 1. The van der Waals surface area contributed by atoms with Crippen molar-refractivity contribution in [1.29, 1.82) is 0 Å². The Kier molecular flexibility index (Phi) is 5.67. The molecule has 0 bridgehead atoms. The van der Waals surface area contributed by atoms with Gasteiger partial charge in [-0.25, -0.2) is 0 Å². The van der Waals surface area contributed by atoms with Gasteiger partial charge in [0.2, 0.25) is 0 Å². The van der Waals surface area contributed by atoms with E-state index in [4.69, 9.17) is 21.7 Å². The summed E-state index contributed by atoms with van der Waals surface area (Å²) in [5, 5.41) is 6.98. The maximum absolute atomic E-state index is 5.82. The first kappa shape index (κ1) is 16.7. The molecule has 0 aliphatic carbocycles. The summed E-state index contributed by atoms with van der Waals surface area (Å²) in [5.74, 6) is 1.62. The molecule has 24 heavy (non-hydrogen) atoms. The van der Waals surface area contributed by atoms with Crippen molar-refractivity contribution < 1.29 is 9.47 Å². The second kappa shape index (κ2) is 8.13. The number of ether oxygens (including phenoxy) is 2. The van der Waals surface area contributed by atoms with E-state index in [2.05, 4.69) is 17.6 Å². The summed E-state index contributed by atoms with van der Waals surface area (Å²) in [6.45, 7) is 3.66. The predicted octanol–water partition coefficient (Wildman–Crippen LogP) is 4.25. The van der Waals surface area contributed by atoms with E-state index in [1.54, 1.807) is 0 Å². The first-order valence-corrected chi connectivity index (χ1v) is 8.61. The molecule has 126 valence electrons. The molecule has 1 aliphatic heterocycles. The summed E-state index contributed by atoms with van der Waals surface area (Å²) < 4.78 is 11.4. The fourth-order valence-electron chi connectivity index (χ4n) is 2.54. The molecular weight excluding hydrogens is 320 g/mol. The summed E-state index contributed by atoms with van der Waals surface area (Å²) in [4.78, 5) is 0. The number of nitrogens with one attached hydrogen (secondary N) is 2. The molecule has 1 atom stereocenters. The van der Waals surface area contributed by atoms with Gasteiger partial charge in [-0.15, -0.1) is 0 Å². The van der Waals surface area contributed by atoms with E-state index in [1.165, 1.54) is 5.56 Å². The van der Waals surface area contributed by atoms with E-state index in [-0.39, 0.29) is 6.10 Å².